The Hall–Kier alpha value is -1.67. The van der Waals surface area contributed by atoms with Gasteiger partial charge in [-0.3, -0.25) is 0 Å². The van der Waals surface area contributed by atoms with Gasteiger partial charge in [0.2, 0.25) is 5.89 Å². The molecule has 3 aromatic heterocycles. The molecule has 3 heterocycles. The van der Waals surface area contributed by atoms with Gasteiger partial charge in [-0.1, -0.05) is 16.9 Å². The van der Waals surface area contributed by atoms with Crippen molar-refractivity contribution >= 4 is 23.1 Å². The number of thiophene rings is 1. The summed E-state index contributed by atoms with van der Waals surface area (Å²) in [5, 5.41) is 14.4. The second-order valence-corrected chi connectivity index (χ2v) is 6.45. The number of nitrogens with zero attached hydrogens (tertiary/aromatic N) is 4. The molecule has 0 aromatic carbocycles. The summed E-state index contributed by atoms with van der Waals surface area (Å²) in [6, 6.07) is 2.03. The van der Waals surface area contributed by atoms with E-state index < -0.39 is 0 Å². The second-order valence-electron chi connectivity index (χ2n) is 4.25. The highest BCUT2D eigenvalue weighted by Crippen LogP contribution is 2.35. The first-order valence-corrected chi connectivity index (χ1v) is 7.74. The molecule has 0 aliphatic carbocycles. The van der Waals surface area contributed by atoms with Crippen molar-refractivity contribution in [3.8, 4) is 10.8 Å². The molecule has 0 bridgehead atoms. The van der Waals surface area contributed by atoms with Crippen LogP contribution in [0, 0.1) is 13.8 Å². The summed E-state index contributed by atoms with van der Waals surface area (Å²) in [5.41, 5.74) is 1.13. The van der Waals surface area contributed by atoms with E-state index in [2.05, 4.69) is 20.3 Å². The first-order valence-electron chi connectivity index (χ1n) is 5.98. The maximum Gasteiger partial charge on any atom is 0.277 e. The van der Waals surface area contributed by atoms with Crippen molar-refractivity contribution < 1.29 is 8.94 Å². The molecule has 1 atom stereocenters. The monoisotopic (exact) mass is 308 g/mol. The van der Waals surface area contributed by atoms with E-state index in [1.54, 1.807) is 18.3 Å². The van der Waals surface area contributed by atoms with E-state index in [0.717, 1.165) is 10.4 Å². The summed E-state index contributed by atoms with van der Waals surface area (Å²) in [7, 11) is 0. The van der Waals surface area contributed by atoms with Crippen LogP contribution < -0.4 is 0 Å². The zero-order valence-electron chi connectivity index (χ0n) is 11.2. The molecule has 6 nitrogen and oxygen atoms in total. The fourth-order valence-electron chi connectivity index (χ4n) is 1.62. The molecule has 0 saturated heterocycles. The summed E-state index contributed by atoms with van der Waals surface area (Å²) in [6.45, 7) is 5.76. The van der Waals surface area contributed by atoms with Gasteiger partial charge < -0.3 is 8.94 Å². The third kappa shape index (κ3) is 2.61. The van der Waals surface area contributed by atoms with E-state index in [4.69, 9.17) is 8.94 Å². The fraction of sp³-hybridized carbons (Fsp3) is 0.333. The van der Waals surface area contributed by atoms with Gasteiger partial charge in [0.05, 0.1) is 10.1 Å². The minimum Gasteiger partial charge on any atom is -0.410 e. The van der Waals surface area contributed by atoms with Crippen LogP contribution in [0.25, 0.3) is 10.8 Å². The minimum atomic E-state index is -0.0334. The number of aryl methyl sites for hydroxylation is 2. The van der Waals surface area contributed by atoms with Gasteiger partial charge in [-0.05, 0) is 37.8 Å². The average Bonchev–Trinajstić information content (AvgIpc) is 3.10. The molecule has 0 spiro atoms. The van der Waals surface area contributed by atoms with Crippen LogP contribution in [0.2, 0.25) is 0 Å². The highest BCUT2D eigenvalue weighted by atomic mass is 32.2. The van der Waals surface area contributed by atoms with Crippen molar-refractivity contribution in [3.63, 3.8) is 0 Å². The first-order chi connectivity index (χ1) is 9.63. The second kappa shape index (κ2) is 5.37. The Morgan fingerprint density at radius 2 is 2.15 bits per heavy atom. The molecule has 20 heavy (non-hydrogen) atoms. The summed E-state index contributed by atoms with van der Waals surface area (Å²) in [5.74, 6) is 1.72. The van der Waals surface area contributed by atoms with Crippen LogP contribution in [0.4, 0.5) is 0 Å². The molecule has 3 aromatic rings. The molecular weight excluding hydrogens is 296 g/mol. The Bertz CT molecular complexity index is 718. The Morgan fingerprint density at radius 1 is 1.30 bits per heavy atom. The van der Waals surface area contributed by atoms with Crippen molar-refractivity contribution in [2.24, 2.45) is 0 Å². The fourth-order valence-corrected chi connectivity index (χ4v) is 3.18. The molecule has 0 unspecified atom stereocenters. The maximum absolute atomic E-state index is 5.67. The smallest absolute Gasteiger partial charge is 0.277 e. The molecule has 0 fully saturated rings. The van der Waals surface area contributed by atoms with E-state index in [9.17, 15) is 0 Å². The molecule has 0 radical (unpaired) electrons. The number of rotatable bonds is 4. The van der Waals surface area contributed by atoms with Gasteiger partial charge in [0.15, 0.2) is 5.82 Å². The summed E-state index contributed by atoms with van der Waals surface area (Å²) < 4.78 is 10.8. The highest BCUT2D eigenvalue weighted by Gasteiger charge is 2.19. The van der Waals surface area contributed by atoms with E-state index in [1.165, 1.54) is 11.8 Å². The largest absolute Gasteiger partial charge is 0.410 e. The van der Waals surface area contributed by atoms with Crippen molar-refractivity contribution in [1.82, 2.24) is 20.3 Å². The maximum atomic E-state index is 5.67. The zero-order valence-corrected chi connectivity index (χ0v) is 12.8. The van der Waals surface area contributed by atoms with Crippen LogP contribution in [0.5, 0.6) is 0 Å². The van der Waals surface area contributed by atoms with Gasteiger partial charge in [-0.15, -0.1) is 21.5 Å². The standard InChI is InChI=1S/C12H12N4O2S2/c1-6-4-5-19-9(6)11-14-15-12(17-11)20-7(2)10-13-8(3)16-18-10/h4-5,7H,1-3H3/t7-/m1/s1. The van der Waals surface area contributed by atoms with Crippen molar-refractivity contribution in [1.29, 1.82) is 0 Å². The number of hydrogen-bond acceptors (Lipinski definition) is 8. The van der Waals surface area contributed by atoms with Crippen LogP contribution in [-0.2, 0) is 0 Å². The first kappa shape index (κ1) is 13.3. The SMILES string of the molecule is Cc1noc([C@@H](C)Sc2nnc(-c3sccc3C)o2)n1. The van der Waals surface area contributed by atoms with Crippen molar-refractivity contribution in [3.05, 3.63) is 28.7 Å². The van der Waals surface area contributed by atoms with E-state index >= 15 is 0 Å². The van der Waals surface area contributed by atoms with Crippen LogP contribution in [0.3, 0.4) is 0 Å². The number of hydrogen-bond donors (Lipinski definition) is 0. The van der Waals surface area contributed by atoms with E-state index in [0.29, 0.717) is 22.8 Å². The van der Waals surface area contributed by atoms with Gasteiger partial charge >= 0.3 is 0 Å². The summed E-state index contributed by atoms with van der Waals surface area (Å²) >= 11 is 2.99. The summed E-state index contributed by atoms with van der Waals surface area (Å²) in [4.78, 5) is 5.20. The minimum absolute atomic E-state index is 0.0334. The third-order valence-electron chi connectivity index (χ3n) is 2.63. The van der Waals surface area contributed by atoms with E-state index in [-0.39, 0.29) is 5.25 Å². The van der Waals surface area contributed by atoms with Crippen LogP contribution in [-0.4, -0.2) is 20.3 Å². The zero-order chi connectivity index (χ0) is 14.1. The van der Waals surface area contributed by atoms with Gasteiger partial charge in [0.1, 0.15) is 0 Å². The Morgan fingerprint density at radius 3 is 2.80 bits per heavy atom. The molecule has 0 saturated carbocycles. The summed E-state index contributed by atoms with van der Waals surface area (Å²) in [6.07, 6.45) is 0. The van der Waals surface area contributed by atoms with Crippen LogP contribution >= 0.6 is 23.1 Å². The van der Waals surface area contributed by atoms with Crippen LogP contribution in [0.15, 0.2) is 25.6 Å². The van der Waals surface area contributed by atoms with Crippen molar-refractivity contribution in [2.45, 2.75) is 31.2 Å². The molecule has 8 heteroatoms. The highest BCUT2D eigenvalue weighted by molar-refractivity contribution is 7.99. The predicted octanol–water partition coefficient (Wildman–Crippen LogP) is 3.65. The molecule has 104 valence electrons. The normalized spacial score (nSPS) is 12.8. The molecule has 3 rings (SSSR count). The molecule has 0 amide bonds. The number of aromatic nitrogens is 4. The Kier molecular flexibility index (Phi) is 3.58. The van der Waals surface area contributed by atoms with Gasteiger partial charge in [0.25, 0.3) is 11.1 Å². The topological polar surface area (TPSA) is 77.8 Å². The van der Waals surface area contributed by atoms with Gasteiger partial charge in [-0.25, -0.2) is 0 Å². The predicted molar refractivity (Wildman–Crippen MR) is 75.7 cm³/mol. The lowest BCUT2D eigenvalue weighted by molar-refractivity contribution is 0.375. The van der Waals surface area contributed by atoms with Crippen LogP contribution in [0.1, 0.15) is 29.5 Å². The lowest BCUT2D eigenvalue weighted by Crippen LogP contribution is -1.88. The van der Waals surface area contributed by atoms with Crippen molar-refractivity contribution in [2.75, 3.05) is 0 Å². The number of thioether (sulfide) groups is 1. The molecule has 0 N–H and O–H groups in total. The van der Waals surface area contributed by atoms with E-state index in [1.807, 2.05) is 25.3 Å². The molecule has 0 aliphatic heterocycles. The Labute approximate surface area is 123 Å². The third-order valence-corrected chi connectivity index (χ3v) is 4.56. The lowest BCUT2D eigenvalue weighted by Gasteiger charge is -2.00. The Balaban J connectivity index is 1.76. The average molecular weight is 308 g/mol. The molecule has 0 aliphatic rings. The lowest BCUT2D eigenvalue weighted by atomic mass is 10.3. The quantitative estimate of drug-likeness (QED) is 0.681. The van der Waals surface area contributed by atoms with Gasteiger partial charge in [-0.2, -0.15) is 4.98 Å². The molecular formula is C12H12N4O2S2. The van der Waals surface area contributed by atoms with Gasteiger partial charge in [0, 0.05) is 0 Å².